The maximum Gasteiger partial charge on any atom is 0.284 e. The lowest BCUT2D eigenvalue weighted by atomic mass is 10.1. The number of fused-ring (bicyclic) bond motifs is 1. The summed E-state index contributed by atoms with van der Waals surface area (Å²) < 4.78 is 0. The van der Waals surface area contributed by atoms with E-state index in [1.54, 1.807) is 54.6 Å². The van der Waals surface area contributed by atoms with Crippen molar-refractivity contribution in [2.45, 2.75) is 0 Å². The standard InChI is InChI=1S/C20H12ClN3O3/c21-15-8-1-2-9-16(15)23-18(25)12-5-3-6-13(11-12)24-19(26)14-7-4-10-22-17(14)20(24)27/h1-11H,(H,23,25). The van der Waals surface area contributed by atoms with E-state index in [0.717, 1.165) is 4.90 Å². The molecule has 0 fully saturated rings. The van der Waals surface area contributed by atoms with Crippen molar-refractivity contribution in [1.29, 1.82) is 0 Å². The number of hydrogen-bond donors (Lipinski definition) is 1. The van der Waals surface area contributed by atoms with Gasteiger partial charge in [-0.25, -0.2) is 4.90 Å². The Labute approximate surface area is 159 Å². The van der Waals surface area contributed by atoms with Gasteiger partial charge in [-0.1, -0.05) is 29.8 Å². The highest BCUT2D eigenvalue weighted by Crippen LogP contribution is 2.28. The first-order valence-electron chi connectivity index (χ1n) is 8.06. The quantitative estimate of drug-likeness (QED) is 0.704. The summed E-state index contributed by atoms with van der Waals surface area (Å²) in [6.07, 6.45) is 1.46. The van der Waals surface area contributed by atoms with Crippen molar-refractivity contribution in [2.75, 3.05) is 10.2 Å². The molecule has 1 aliphatic heterocycles. The van der Waals surface area contributed by atoms with E-state index in [1.807, 2.05) is 0 Å². The number of carbonyl (C=O) groups excluding carboxylic acids is 3. The van der Waals surface area contributed by atoms with Crippen LogP contribution in [0.1, 0.15) is 31.2 Å². The minimum atomic E-state index is -0.515. The summed E-state index contributed by atoms with van der Waals surface area (Å²) in [5.41, 5.74) is 1.41. The van der Waals surface area contributed by atoms with Gasteiger partial charge in [-0.2, -0.15) is 0 Å². The fourth-order valence-electron chi connectivity index (χ4n) is 2.84. The summed E-state index contributed by atoms with van der Waals surface area (Å²) in [6, 6.07) is 16.3. The molecular formula is C20H12ClN3O3. The molecule has 0 bridgehead atoms. The minimum absolute atomic E-state index is 0.105. The summed E-state index contributed by atoms with van der Waals surface area (Å²) in [4.78, 5) is 42.7. The van der Waals surface area contributed by atoms with Crippen molar-refractivity contribution in [1.82, 2.24) is 4.98 Å². The van der Waals surface area contributed by atoms with Crippen LogP contribution in [0.4, 0.5) is 11.4 Å². The normalized spacial score (nSPS) is 12.9. The number of imide groups is 1. The third-order valence-electron chi connectivity index (χ3n) is 4.14. The number of halogens is 1. The predicted molar refractivity (Wildman–Crippen MR) is 101 cm³/mol. The lowest BCUT2D eigenvalue weighted by Gasteiger charge is -2.15. The first-order chi connectivity index (χ1) is 13.1. The van der Waals surface area contributed by atoms with E-state index in [4.69, 9.17) is 11.6 Å². The Hall–Kier alpha value is -3.51. The molecule has 1 aliphatic rings. The Balaban J connectivity index is 1.64. The fraction of sp³-hybridized carbons (Fsp3) is 0. The van der Waals surface area contributed by atoms with E-state index >= 15 is 0 Å². The molecule has 132 valence electrons. The highest BCUT2D eigenvalue weighted by Gasteiger charge is 2.37. The number of pyridine rings is 1. The van der Waals surface area contributed by atoms with Crippen LogP contribution in [0.5, 0.6) is 0 Å². The Morgan fingerprint density at radius 3 is 2.56 bits per heavy atom. The maximum absolute atomic E-state index is 12.6. The Kier molecular flexibility index (Phi) is 4.18. The number of nitrogens with one attached hydrogen (secondary N) is 1. The lowest BCUT2D eigenvalue weighted by Crippen LogP contribution is -2.29. The van der Waals surface area contributed by atoms with Crippen LogP contribution in [0, 0.1) is 0 Å². The van der Waals surface area contributed by atoms with Gasteiger partial charge < -0.3 is 5.32 Å². The fourth-order valence-corrected chi connectivity index (χ4v) is 3.03. The molecule has 0 spiro atoms. The van der Waals surface area contributed by atoms with Crippen LogP contribution < -0.4 is 10.2 Å². The number of nitrogens with zero attached hydrogens (tertiary/aromatic N) is 2. The van der Waals surface area contributed by atoms with Crippen LogP contribution in [0.2, 0.25) is 5.02 Å². The van der Waals surface area contributed by atoms with E-state index in [9.17, 15) is 14.4 Å². The molecule has 0 saturated heterocycles. The van der Waals surface area contributed by atoms with Gasteiger partial charge in [0.05, 0.1) is 22.0 Å². The average Bonchev–Trinajstić information content (AvgIpc) is 2.94. The van der Waals surface area contributed by atoms with Crippen LogP contribution in [-0.2, 0) is 0 Å². The number of rotatable bonds is 3. The van der Waals surface area contributed by atoms with Crippen molar-refractivity contribution in [2.24, 2.45) is 0 Å². The Bertz CT molecular complexity index is 1060. The van der Waals surface area contributed by atoms with Gasteiger partial charge in [-0.15, -0.1) is 0 Å². The molecule has 1 N–H and O–H groups in total. The number of para-hydroxylation sites is 1. The zero-order valence-corrected chi connectivity index (χ0v) is 14.6. The number of amides is 3. The van der Waals surface area contributed by atoms with Gasteiger partial charge in [0.2, 0.25) is 0 Å². The van der Waals surface area contributed by atoms with Gasteiger partial charge in [0.15, 0.2) is 0 Å². The second-order valence-corrected chi connectivity index (χ2v) is 6.24. The first kappa shape index (κ1) is 16.9. The van der Waals surface area contributed by atoms with E-state index in [0.29, 0.717) is 16.4 Å². The largest absolute Gasteiger partial charge is 0.321 e. The Morgan fingerprint density at radius 2 is 1.78 bits per heavy atom. The topological polar surface area (TPSA) is 79.4 Å². The molecule has 6 nitrogen and oxygen atoms in total. The van der Waals surface area contributed by atoms with Crippen molar-refractivity contribution >= 4 is 40.7 Å². The predicted octanol–water partition coefficient (Wildman–Crippen LogP) is 3.79. The van der Waals surface area contributed by atoms with Crippen molar-refractivity contribution in [3.8, 4) is 0 Å². The zero-order chi connectivity index (χ0) is 19.0. The van der Waals surface area contributed by atoms with Crippen LogP contribution in [-0.4, -0.2) is 22.7 Å². The molecule has 27 heavy (non-hydrogen) atoms. The monoisotopic (exact) mass is 377 g/mol. The van der Waals surface area contributed by atoms with E-state index in [1.165, 1.54) is 12.3 Å². The lowest BCUT2D eigenvalue weighted by molar-refractivity contribution is 0.0922. The summed E-state index contributed by atoms with van der Waals surface area (Å²) in [7, 11) is 0. The molecule has 7 heteroatoms. The van der Waals surface area contributed by atoms with E-state index in [-0.39, 0.29) is 16.8 Å². The molecule has 0 saturated carbocycles. The van der Waals surface area contributed by atoms with Crippen molar-refractivity contribution in [3.05, 3.63) is 88.7 Å². The SMILES string of the molecule is O=C(Nc1ccccc1Cl)c1cccc(N2C(=O)c3cccnc3C2=O)c1. The van der Waals surface area contributed by atoms with Crippen molar-refractivity contribution in [3.63, 3.8) is 0 Å². The summed E-state index contributed by atoms with van der Waals surface area (Å²) >= 11 is 6.06. The molecule has 4 rings (SSSR count). The van der Waals surface area contributed by atoms with Crippen LogP contribution in [0.25, 0.3) is 0 Å². The molecule has 0 aliphatic carbocycles. The molecular weight excluding hydrogens is 366 g/mol. The number of hydrogen-bond acceptors (Lipinski definition) is 4. The Morgan fingerprint density at radius 1 is 0.963 bits per heavy atom. The number of aromatic nitrogens is 1. The van der Waals surface area contributed by atoms with Gasteiger partial charge >= 0.3 is 0 Å². The second kappa shape index (κ2) is 6.66. The van der Waals surface area contributed by atoms with Crippen LogP contribution in [0.3, 0.4) is 0 Å². The van der Waals surface area contributed by atoms with Gasteiger partial charge in [0, 0.05) is 11.8 Å². The van der Waals surface area contributed by atoms with Gasteiger partial charge in [0.1, 0.15) is 5.69 Å². The third-order valence-corrected chi connectivity index (χ3v) is 4.47. The highest BCUT2D eigenvalue weighted by atomic mass is 35.5. The molecule has 0 unspecified atom stereocenters. The van der Waals surface area contributed by atoms with Crippen LogP contribution >= 0.6 is 11.6 Å². The van der Waals surface area contributed by atoms with E-state index < -0.39 is 17.7 Å². The van der Waals surface area contributed by atoms with Gasteiger partial charge in [-0.05, 0) is 42.5 Å². The highest BCUT2D eigenvalue weighted by molar-refractivity contribution is 6.34. The average molecular weight is 378 g/mol. The molecule has 3 amide bonds. The summed E-state index contributed by atoms with van der Waals surface area (Å²) in [5, 5.41) is 3.12. The molecule has 0 radical (unpaired) electrons. The maximum atomic E-state index is 12.6. The molecule has 2 aromatic carbocycles. The summed E-state index contributed by atoms with van der Waals surface area (Å²) in [6.45, 7) is 0. The number of anilines is 2. The van der Waals surface area contributed by atoms with Crippen LogP contribution in [0.15, 0.2) is 66.9 Å². The minimum Gasteiger partial charge on any atom is -0.321 e. The molecule has 3 aromatic rings. The number of benzene rings is 2. The first-order valence-corrected chi connectivity index (χ1v) is 8.44. The number of carbonyl (C=O) groups is 3. The van der Waals surface area contributed by atoms with Crippen molar-refractivity contribution < 1.29 is 14.4 Å². The second-order valence-electron chi connectivity index (χ2n) is 5.83. The molecule has 0 atom stereocenters. The van der Waals surface area contributed by atoms with E-state index in [2.05, 4.69) is 10.3 Å². The summed E-state index contributed by atoms with van der Waals surface area (Å²) in [5.74, 6) is -1.38. The third kappa shape index (κ3) is 2.96. The molecule has 1 aromatic heterocycles. The molecule has 2 heterocycles. The smallest absolute Gasteiger partial charge is 0.284 e. The zero-order valence-electron chi connectivity index (χ0n) is 13.8. The van der Waals surface area contributed by atoms with Gasteiger partial charge in [-0.3, -0.25) is 19.4 Å². The van der Waals surface area contributed by atoms with Gasteiger partial charge in [0.25, 0.3) is 17.7 Å².